The Kier molecular flexibility index (Phi) is 4.71. The van der Waals surface area contributed by atoms with Crippen LogP contribution in [-0.2, 0) is 21.4 Å². The minimum absolute atomic E-state index is 0.110. The number of pyridine rings is 1. The summed E-state index contributed by atoms with van der Waals surface area (Å²) >= 11 is 0. The van der Waals surface area contributed by atoms with Gasteiger partial charge < -0.3 is 19.5 Å². The van der Waals surface area contributed by atoms with Crippen LogP contribution < -0.4 is 10.1 Å². The number of ether oxygens (including phenoxy) is 3. The van der Waals surface area contributed by atoms with Gasteiger partial charge in [0.15, 0.2) is 0 Å². The Hall–Kier alpha value is -2.83. The van der Waals surface area contributed by atoms with E-state index in [9.17, 15) is 9.59 Å². The molecule has 0 saturated heterocycles. The van der Waals surface area contributed by atoms with E-state index < -0.39 is 17.8 Å². The minimum atomic E-state index is -0.819. The highest BCUT2D eigenvalue weighted by Crippen LogP contribution is 2.50. The van der Waals surface area contributed by atoms with Crippen LogP contribution >= 0.6 is 0 Å². The molecule has 0 saturated carbocycles. The SMILES string of the molecule is C/C=C1\C2C=C(C)CC1(NC(=O)OC)c1ccc(OC(=O)OC)nc1C2. The minimum Gasteiger partial charge on any atom is -0.453 e. The lowest BCUT2D eigenvalue weighted by Gasteiger charge is -2.47. The molecule has 1 heterocycles. The highest BCUT2D eigenvalue weighted by atomic mass is 16.7. The molecule has 2 atom stereocenters. The molecule has 0 fully saturated rings. The fourth-order valence-corrected chi connectivity index (χ4v) is 4.04. The number of fused-ring (bicyclic) bond motifs is 4. The fraction of sp³-hybridized carbons (Fsp3) is 0.421. The van der Waals surface area contributed by atoms with E-state index in [1.54, 1.807) is 6.07 Å². The summed E-state index contributed by atoms with van der Waals surface area (Å²) in [4.78, 5) is 28.0. The van der Waals surface area contributed by atoms with Crippen LogP contribution in [0.4, 0.5) is 9.59 Å². The standard InChI is InChI=1S/C19H22N2O5/c1-5-13-12-8-11(2)10-19(13,21-17(22)24-3)14-6-7-16(20-15(14)9-12)26-18(23)25-4/h5-8,12H,9-10H2,1-4H3,(H,21,22)/b13-5+. The average molecular weight is 358 g/mol. The van der Waals surface area contributed by atoms with Gasteiger partial charge in [0.25, 0.3) is 0 Å². The number of rotatable bonds is 2. The first-order valence-corrected chi connectivity index (χ1v) is 8.39. The van der Waals surface area contributed by atoms with Gasteiger partial charge in [0.1, 0.15) is 0 Å². The molecule has 26 heavy (non-hydrogen) atoms. The number of aromatic nitrogens is 1. The van der Waals surface area contributed by atoms with Crippen LogP contribution in [0, 0.1) is 5.92 Å². The molecule has 0 aromatic carbocycles. The van der Waals surface area contributed by atoms with Crippen molar-refractivity contribution in [2.24, 2.45) is 5.92 Å². The lowest BCUT2D eigenvalue weighted by Crippen LogP contribution is -2.53. The number of nitrogens with zero attached hydrogens (tertiary/aromatic N) is 1. The molecule has 2 aliphatic carbocycles. The first kappa shape index (κ1) is 18.0. The van der Waals surface area contributed by atoms with E-state index in [4.69, 9.17) is 9.47 Å². The zero-order valence-corrected chi connectivity index (χ0v) is 15.3. The number of methoxy groups -OCH3 is 2. The van der Waals surface area contributed by atoms with E-state index in [2.05, 4.69) is 28.0 Å². The van der Waals surface area contributed by atoms with E-state index in [-0.39, 0.29) is 11.8 Å². The van der Waals surface area contributed by atoms with Gasteiger partial charge in [-0.3, -0.25) is 0 Å². The number of hydrogen-bond donors (Lipinski definition) is 1. The molecule has 2 bridgehead atoms. The highest BCUT2D eigenvalue weighted by molar-refractivity contribution is 5.71. The van der Waals surface area contributed by atoms with Crippen molar-refractivity contribution < 1.29 is 23.8 Å². The summed E-state index contributed by atoms with van der Waals surface area (Å²) in [6, 6.07) is 3.45. The lowest BCUT2D eigenvalue weighted by molar-refractivity contribution is 0.119. The van der Waals surface area contributed by atoms with Gasteiger partial charge in [-0.05, 0) is 31.9 Å². The molecule has 2 unspecified atom stereocenters. The summed E-state index contributed by atoms with van der Waals surface area (Å²) in [5.41, 5.74) is 3.26. The van der Waals surface area contributed by atoms with Crippen LogP contribution in [0.2, 0.25) is 0 Å². The number of amides is 1. The third-order valence-electron chi connectivity index (χ3n) is 4.91. The monoisotopic (exact) mass is 358 g/mol. The Morgan fingerprint density at radius 2 is 2.08 bits per heavy atom. The molecule has 1 aromatic heterocycles. The first-order valence-electron chi connectivity index (χ1n) is 8.39. The number of allylic oxidation sites excluding steroid dienone is 2. The Morgan fingerprint density at radius 1 is 1.31 bits per heavy atom. The molecular formula is C19H22N2O5. The molecule has 1 amide bonds. The molecule has 1 N–H and O–H groups in total. The summed E-state index contributed by atoms with van der Waals surface area (Å²) < 4.78 is 14.4. The Balaban J connectivity index is 2.12. The normalized spacial score (nSPS) is 25.0. The molecule has 3 rings (SSSR count). The smallest absolute Gasteiger partial charge is 0.453 e. The van der Waals surface area contributed by atoms with Crippen LogP contribution in [0.25, 0.3) is 0 Å². The third-order valence-corrected chi connectivity index (χ3v) is 4.91. The molecule has 7 heteroatoms. The van der Waals surface area contributed by atoms with Crippen molar-refractivity contribution in [2.45, 2.75) is 32.2 Å². The summed E-state index contributed by atoms with van der Waals surface area (Å²) in [5.74, 6) is 0.283. The van der Waals surface area contributed by atoms with Gasteiger partial charge in [-0.15, -0.1) is 0 Å². The third kappa shape index (κ3) is 2.94. The molecule has 7 nitrogen and oxygen atoms in total. The van der Waals surface area contributed by atoms with Crippen LogP contribution in [0.3, 0.4) is 0 Å². The molecule has 1 aromatic rings. The van der Waals surface area contributed by atoms with Crippen molar-refractivity contribution in [1.29, 1.82) is 0 Å². The Morgan fingerprint density at radius 3 is 2.73 bits per heavy atom. The lowest BCUT2D eigenvalue weighted by atomic mass is 9.63. The highest BCUT2D eigenvalue weighted by Gasteiger charge is 2.48. The van der Waals surface area contributed by atoms with Crippen molar-refractivity contribution in [3.63, 3.8) is 0 Å². The maximum atomic E-state index is 12.1. The number of alkyl carbamates (subject to hydrolysis) is 1. The molecule has 0 spiro atoms. The van der Waals surface area contributed by atoms with E-state index in [0.29, 0.717) is 12.8 Å². The number of nitrogens with one attached hydrogen (secondary N) is 1. The number of carbonyl (C=O) groups excluding carboxylic acids is 2. The second kappa shape index (κ2) is 6.82. The van der Waals surface area contributed by atoms with Gasteiger partial charge in [0.2, 0.25) is 5.88 Å². The second-order valence-electron chi connectivity index (χ2n) is 6.47. The Labute approximate surface area is 152 Å². The van der Waals surface area contributed by atoms with Gasteiger partial charge >= 0.3 is 12.2 Å². The summed E-state index contributed by atoms with van der Waals surface area (Å²) in [6.45, 7) is 4.03. The predicted molar refractivity (Wildman–Crippen MR) is 93.8 cm³/mol. The second-order valence-corrected chi connectivity index (χ2v) is 6.47. The van der Waals surface area contributed by atoms with Crippen LogP contribution in [0.1, 0.15) is 31.5 Å². The average Bonchev–Trinajstić information content (AvgIpc) is 2.60. The molecular weight excluding hydrogens is 336 g/mol. The molecule has 2 aliphatic rings. The van der Waals surface area contributed by atoms with Crippen molar-refractivity contribution >= 4 is 12.2 Å². The van der Waals surface area contributed by atoms with Crippen LogP contribution in [0.5, 0.6) is 5.88 Å². The van der Waals surface area contributed by atoms with Crippen molar-refractivity contribution in [2.75, 3.05) is 14.2 Å². The summed E-state index contributed by atoms with van der Waals surface area (Å²) in [5, 5.41) is 3.03. The van der Waals surface area contributed by atoms with E-state index >= 15 is 0 Å². The zero-order chi connectivity index (χ0) is 18.9. The Bertz CT molecular complexity index is 814. The fourth-order valence-electron chi connectivity index (χ4n) is 4.04. The topological polar surface area (TPSA) is 86.8 Å². The van der Waals surface area contributed by atoms with Crippen LogP contribution in [-0.4, -0.2) is 31.5 Å². The van der Waals surface area contributed by atoms with E-state index in [0.717, 1.165) is 16.8 Å². The first-order chi connectivity index (χ1) is 12.4. The maximum absolute atomic E-state index is 12.1. The van der Waals surface area contributed by atoms with Gasteiger partial charge in [-0.2, -0.15) is 0 Å². The summed E-state index contributed by atoms with van der Waals surface area (Å²) in [7, 11) is 2.59. The van der Waals surface area contributed by atoms with Crippen molar-refractivity contribution in [1.82, 2.24) is 10.3 Å². The number of carbonyl (C=O) groups is 2. The zero-order valence-electron chi connectivity index (χ0n) is 15.3. The van der Waals surface area contributed by atoms with Crippen molar-refractivity contribution in [3.8, 4) is 5.88 Å². The van der Waals surface area contributed by atoms with Gasteiger partial charge in [-0.1, -0.05) is 17.7 Å². The van der Waals surface area contributed by atoms with Gasteiger partial charge in [0.05, 0.1) is 25.5 Å². The summed E-state index contributed by atoms with van der Waals surface area (Å²) in [6.07, 6.45) is 4.22. The largest absolute Gasteiger partial charge is 0.514 e. The molecule has 0 radical (unpaired) electrons. The van der Waals surface area contributed by atoms with Gasteiger partial charge in [-0.25, -0.2) is 14.6 Å². The molecule has 138 valence electrons. The number of hydrogen-bond acceptors (Lipinski definition) is 6. The van der Waals surface area contributed by atoms with Gasteiger partial charge in [0, 0.05) is 24.0 Å². The van der Waals surface area contributed by atoms with Crippen molar-refractivity contribution in [3.05, 3.63) is 46.7 Å². The predicted octanol–water partition coefficient (Wildman–Crippen LogP) is 3.25. The quantitative estimate of drug-likeness (QED) is 0.645. The van der Waals surface area contributed by atoms with Crippen LogP contribution in [0.15, 0.2) is 35.4 Å². The molecule has 0 aliphatic heterocycles. The van der Waals surface area contributed by atoms with E-state index in [1.165, 1.54) is 19.8 Å². The van der Waals surface area contributed by atoms with E-state index in [1.807, 2.05) is 19.1 Å². The maximum Gasteiger partial charge on any atom is 0.514 e.